The maximum Gasteiger partial charge on any atom is 0.0890 e. The summed E-state index contributed by atoms with van der Waals surface area (Å²) in [5.41, 5.74) is 10.2. The minimum atomic E-state index is 0.297. The maximum absolute atomic E-state index is 6.13. The fraction of sp³-hybridized carbons (Fsp3) is 0.500. The van der Waals surface area contributed by atoms with Gasteiger partial charge in [-0.2, -0.15) is 0 Å². The lowest BCUT2D eigenvalue weighted by Crippen LogP contribution is -2.35. The third-order valence-electron chi connectivity index (χ3n) is 4.01. The van der Waals surface area contributed by atoms with Crippen LogP contribution in [0.5, 0.6) is 0 Å². The number of fused-ring (bicyclic) bond motifs is 1. The molecule has 0 bridgehead atoms. The molecular weight excluding hydrogens is 248 g/mol. The average molecular weight is 270 g/mol. The quantitative estimate of drug-likeness (QED) is 0.909. The molecule has 1 fully saturated rings. The van der Waals surface area contributed by atoms with E-state index in [0.29, 0.717) is 6.04 Å². The van der Waals surface area contributed by atoms with Crippen LogP contribution in [0.2, 0.25) is 0 Å². The number of hydrogen-bond donors (Lipinski definition) is 1. The van der Waals surface area contributed by atoms with Crippen LogP contribution >= 0.6 is 0 Å². The SMILES string of the molecule is Cc1nc2ccccc2nc1CN1CCCC[C@H](N)C1. The van der Waals surface area contributed by atoms with Crippen molar-refractivity contribution in [2.75, 3.05) is 13.1 Å². The summed E-state index contributed by atoms with van der Waals surface area (Å²) in [6.45, 7) is 4.99. The highest BCUT2D eigenvalue weighted by Crippen LogP contribution is 2.16. The van der Waals surface area contributed by atoms with Crippen molar-refractivity contribution in [2.45, 2.75) is 38.8 Å². The molecule has 1 saturated heterocycles. The molecule has 0 spiro atoms. The number of para-hydroxylation sites is 2. The van der Waals surface area contributed by atoms with Crippen molar-refractivity contribution in [1.82, 2.24) is 14.9 Å². The van der Waals surface area contributed by atoms with E-state index in [0.717, 1.165) is 48.5 Å². The van der Waals surface area contributed by atoms with E-state index >= 15 is 0 Å². The lowest BCUT2D eigenvalue weighted by Gasteiger charge is -2.22. The molecule has 106 valence electrons. The van der Waals surface area contributed by atoms with E-state index in [4.69, 9.17) is 10.7 Å². The van der Waals surface area contributed by atoms with Crippen molar-refractivity contribution < 1.29 is 0 Å². The Labute approximate surface area is 120 Å². The number of hydrogen-bond acceptors (Lipinski definition) is 4. The van der Waals surface area contributed by atoms with Gasteiger partial charge >= 0.3 is 0 Å². The topological polar surface area (TPSA) is 55.0 Å². The molecule has 2 aromatic rings. The van der Waals surface area contributed by atoms with Crippen LogP contribution < -0.4 is 5.73 Å². The predicted molar refractivity (Wildman–Crippen MR) is 81.4 cm³/mol. The molecule has 1 aliphatic heterocycles. The van der Waals surface area contributed by atoms with Gasteiger partial charge < -0.3 is 5.73 Å². The molecule has 4 nitrogen and oxygen atoms in total. The van der Waals surface area contributed by atoms with Crippen molar-refractivity contribution in [1.29, 1.82) is 0 Å². The standard InChI is InChI=1S/C16H22N4/c1-12-16(11-20-9-5-4-6-13(17)10-20)19-15-8-3-2-7-14(15)18-12/h2-3,7-8,13H,4-6,9-11,17H2,1H3/t13-/m0/s1. The average Bonchev–Trinajstić information content (AvgIpc) is 2.64. The molecule has 1 atom stereocenters. The highest BCUT2D eigenvalue weighted by Gasteiger charge is 2.17. The van der Waals surface area contributed by atoms with Crippen LogP contribution in [0.3, 0.4) is 0 Å². The second kappa shape index (κ2) is 5.85. The van der Waals surface area contributed by atoms with Crippen LogP contribution in [0.25, 0.3) is 11.0 Å². The van der Waals surface area contributed by atoms with Gasteiger partial charge in [-0.05, 0) is 38.4 Å². The number of likely N-dealkylation sites (tertiary alicyclic amines) is 1. The Bertz CT molecular complexity index is 596. The number of rotatable bonds is 2. The monoisotopic (exact) mass is 270 g/mol. The van der Waals surface area contributed by atoms with Crippen LogP contribution in [-0.4, -0.2) is 34.0 Å². The minimum Gasteiger partial charge on any atom is -0.327 e. The lowest BCUT2D eigenvalue weighted by atomic mass is 10.2. The molecule has 0 saturated carbocycles. The van der Waals surface area contributed by atoms with Crippen LogP contribution in [-0.2, 0) is 6.54 Å². The number of benzene rings is 1. The predicted octanol–water partition coefficient (Wildman–Crippen LogP) is 2.25. The summed E-state index contributed by atoms with van der Waals surface area (Å²) in [5, 5.41) is 0. The zero-order chi connectivity index (χ0) is 13.9. The van der Waals surface area contributed by atoms with Gasteiger partial charge in [-0.3, -0.25) is 4.90 Å². The van der Waals surface area contributed by atoms with E-state index in [1.807, 2.05) is 31.2 Å². The molecule has 4 heteroatoms. The number of nitrogens with zero attached hydrogens (tertiary/aromatic N) is 3. The van der Waals surface area contributed by atoms with E-state index in [1.54, 1.807) is 0 Å². The van der Waals surface area contributed by atoms with E-state index in [-0.39, 0.29) is 0 Å². The molecule has 1 aromatic heterocycles. The maximum atomic E-state index is 6.13. The van der Waals surface area contributed by atoms with Crippen LogP contribution in [0.1, 0.15) is 30.7 Å². The zero-order valence-electron chi connectivity index (χ0n) is 12.0. The Morgan fingerprint density at radius 3 is 2.75 bits per heavy atom. The van der Waals surface area contributed by atoms with Crippen molar-refractivity contribution in [3.63, 3.8) is 0 Å². The number of aromatic nitrogens is 2. The van der Waals surface area contributed by atoms with Gasteiger partial charge in [0.2, 0.25) is 0 Å². The molecule has 1 aromatic carbocycles. The van der Waals surface area contributed by atoms with E-state index in [1.165, 1.54) is 12.8 Å². The fourth-order valence-corrected chi connectivity index (χ4v) is 2.89. The third-order valence-corrected chi connectivity index (χ3v) is 4.01. The van der Waals surface area contributed by atoms with Gasteiger partial charge in [0.15, 0.2) is 0 Å². The van der Waals surface area contributed by atoms with E-state index in [2.05, 4.69) is 9.88 Å². The van der Waals surface area contributed by atoms with Gasteiger partial charge in [0.05, 0.1) is 22.4 Å². The molecule has 0 radical (unpaired) electrons. The van der Waals surface area contributed by atoms with Crippen molar-refractivity contribution in [3.05, 3.63) is 35.7 Å². The Morgan fingerprint density at radius 1 is 1.20 bits per heavy atom. The van der Waals surface area contributed by atoms with Crippen molar-refractivity contribution >= 4 is 11.0 Å². The highest BCUT2D eigenvalue weighted by molar-refractivity contribution is 5.74. The summed E-state index contributed by atoms with van der Waals surface area (Å²) in [7, 11) is 0. The first-order valence-electron chi connectivity index (χ1n) is 7.42. The molecule has 0 aliphatic carbocycles. The first kappa shape index (κ1) is 13.5. The Balaban J connectivity index is 1.84. The van der Waals surface area contributed by atoms with Crippen LogP contribution in [0.4, 0.5) is 0 Å². The third kappa shape index (κ3) is 2.97. The summed E-state index contributed by atoms with van der Waals surface area (Å²) in [5.74, 6) is 0. The van der Waals surface area contributed by atoms with Gasteiger partial charge in [-0.15, -0.1) is 0 Å². The molecule has 1 aliphatic rings. The first-order chi connectivity index (χ1) is 9.72. The van der Waals surface area contributed by atoms with Crippen LogP contribution in [0, 0.1) is 6.92 Å². The van der Waals surface area contributed by atoms with Gasteiger partial charge in [0.25, 0.3) is 0 Å². The molecule has 3 rings (SSSR count). The highest BCUT2D eigenvalue weighted by atomic mass is 15.1. The Hall–Kier alpha value is -1.52. The van der Waals surface area contributed by atoms with Crippen molar-refractivity contribution in [2.24, 2.45) is 5.73 Å². The number of aryl methyl sites for hydroxylation is 1. The lowest BCUT2D eigenvalue weighted by molar-refractivity contribution is 0.261. The largest absolute Gasteiger partial charge is 0.327 e. The minimum absolute atomic E-state index is 0.297. The van der Waals surface area contributed by atoms with E-state index in [9.17, 15) is 0 Å². The van der Waals surface area contributed by atoms with Crippen LogP contribution in [0.15, 0.2) is 24.3 Å². The summed E-state index contributed by atoms with van der Waals surface area (Å²) in [6.07, 6.45) is 3.60. The summed E-state index contributed by atoms with van der Waals surface area (Å²) >= 11 is 0. The smallest absolute Gasteiger partial charge is 0.0890 e. The summed E-state index contributed by atoms with van der Waals surface area (Å²) in [6, 6.07) is 8.36. The van der Waals surface area contributed by atoms with Gasteiger partial charge in [0.1, 0.15) is 0 Å². The molecule has 2 N–H and O–H groups in total. The van der Waals surface area contributed by atoms with E-state index < -0.39 is 0 Å². The Kier molecular flexibility index (Phi) is 3.94. The molecule has 0 amide bonds. The first-order valence-corrected chi connectivity index (χ1v) is 7.42. The zero-order valence-corrected chi connectivity index (χ0v) is 12.0. The molecular formula is C16H22N4. The van der Waals surface area contributed by atoms with Crippen molar-refractivity contribution in [3.8, 4) is 0 Å². The fourth-order valence-electron chi connectivity index (χ4n) is 2.89. The molecule has 20 heavy (non-hydrogen) atoms. The Morgan fingerprint density at radius 2 is 1.95 bits per heavy atom. The normalized spacial score (nSPS) is 21.0. The number of nitrogens with two attached hydrogens (primary N) is 1. The van der Waals surface area contributed by atoms with Gasteiger partial charge in [-0.25, -0.2) is 9.97 Å². The van der Waals surface area contributed by atoms with Gasteiger partial charge in [-0.1, -0.05) is 18.6 Å². The molecule has 0 unspecified atom stereocenters. The molecule has 2 heterocycles. The summed E-state index contributed by atoms with van der Waals surface area (Å²) < 4.78 is 0. The second-order valence-corrected chi connectivity index (χ2v) is 5.74. The summed E-state index contributed by atoms with van der Waals surface area (Å²) in [4.78, 5) is 11.9. The second-order valence-electron chi connectivity index (χ2n) is 5.74. The van der Waals surface area contributed by atoms with Gasteiger partial charge in [0, 0.05) is 19.1 Å².